The maximum absolute atomic E-state index is 11.9. The summed E-state index contributed by atoms with van der Waals surface area (Å²) in [6.45, 7) is 10.4. The lowest BCUT2D eigenvalue weighted by molar-refractivity contribution is -0.119. The van der Waals surface area contributed by atoms with Gasteiger partial charge in [-0.2, -0.15) is 0 Å². The molecular formula is C38H44N6O6S. The lowest BCUT2D eigenvalue weighted by Gasteiger charge is -2.09. The Morgan fingerprint density at radius 2 is 1.18 bits per heavy atom. The molecule has 0 saturated heterocycles. The predicted octanol–water partition coefficient (Wildman–Crippen LogP) is 8.84. The van der Waals surface area contributed by atoms with Crippen molar-refractivity contribution in [2.45, 2.75) is 41.0 Å². The van der Waals surface area contributed by atoms with E-state index in [0.717, 1.165) is 46.7 Å². The summed E-state index contributed by atoms with van der Waals surface area (Å²) in [5, 5.41) is 17.1. The molecule has 0 unspecified atom stereocenters. The van der Waals surface area contributed by atoms with E-state index in [-0.39, 0.29) is 23.5 Å². The topological polar surface area (TPSA) is 165 Å². The number of hydrogen-bond donors (Lipinski definition) is 3. The van der Waals surface area contributed by atoms with Gasteiger partial charge < -0.3 is 18.9 Å². The highest BCUT2D eigenvalue weighted by Crippen LogP contribution is 2.30. The first-order chi connectivity index (χ1) is 24.6. The number of carbonyl (C=O) groups is 1. The average molecular weight is 713 g/mol. The first-order valence-corrected chi connectivity index (χ1v) is 18.3. The largest absolute Gasteiger partial charge is 0.354 e. The van der Waals surface area contributed by atoms with E-state index in [2.05, 4.69) is 37.7 Å². The first-order valence-electron chi connectivity index (χ1n) is 16.6. The molecule has 12 nitrogen and oxygen atoms in total. The molecule has 13 heteroatoms. The molecule has 6 rings (SSSR count). The predicted molar refractivity (Wildman–Crippen MR) is 200 cm³/mol. The van der Waals surface area contributed by atoms with Crippen molar-refractivity contribution in [3.63, 3.8) is 0 Å². The highest BCUT2D eigenvalue weighted by atomic mass is 32.2. The van der Waals surface area contributed by atoms with Gasteiger partial charge in [0.2, 0.25) is 27.7 Å². The number of anilines is 3. The molecule has 3 aromatic heterocycles. The third-order valence-corrected chi connectivity index (χ3v) is 8.67. The second kappa shape index (κ2) is 18.9. The van der Waals surface area contributed by atoms with Crippen LogP contribution in [0.3, 0.4) is 0 Å². The maximum Gasteiger partial charge on any atom is 0.239 e. The van der Waals surface area contributed by atoms with Crippen molar-refractivity contribution in [2.24, 2.45) is 11.8 Å². The van der Waals surface area contributed by atoms with Crippen molar-refractivity contribution in [1.29, 1.82) is 0 Å². The standard InChI is InChI=1S/C13H16N2O3S.C13H14N2O2.C12H14N2O/c1-10(2)9-19(16,17)15-12-8-14-18-13(12)11-6-4-3-5-7-11;1-9(2)12(16)15-13-11(8-14-17-13)10-6-4-3-5-7-10;1-2-8-13-12-11(9-14-15-12)10-6-4-3-5-7-10/h3-8,10,15H,9H2,1-2H3;3-9H,1-2H3,(H,15,16);3-7,9,13H,2,8H2,1H3. The van der Waals surface area contributed by atoms with Crippen LogP contribution in [0.1, 0.15) is 41.0 Å². The van der Waals surface area contributed by atoms with Crippen LogP contribution < -0.4 is 15.4 Å². The zero-order valence-corrected chi connectivity index (χ0v) is 30.2. The molecular weight excluding hydrogens is 669 g/mol. The number of rotatable bonds is 12. The molecule has 0 fully saturated rings. The third-order valence-electron chi connectivity index (χ3n) is 7.03. The molecule has 3 heterocycles. The van der Waals surface area contributed by atoms with Crippen molar-refractivity contribution in [2.75, 3.05) is 27.7 Å². The third kappa shape index (κ3) is 11.7. The minimum atomic E-state index is -3.38. The Bertz CT molecular complexity index is 2010. The number of nitrogens with zero attached hydrogens (tertiary/aromatic N) is 3. The van der Waals surface area contributed by atoms with Crippen LogP contribution >= 0.6 is 0 Å². The summed E-state index contributed by atoms with van der Waals surface area (Å²) in [6.07, 6.45) is 5.79. The molecule has 0 aliphatic rings. The van der Waals surface area contributed by atoms with Gasteiger partial charge in [-0.3, -0.25) is 14.8 Å². The number of sulfonamides is 1. The molecule has 0 bridgehead atoms. The number of amides is 1. The molecule has 51 heavy (non-hydrogen) atoms. The number of nitrogens with one attached hydrogen (secondary N) is 3. The molecule has 0 radical (unpaired) electrons. The second-order valence-electron chi connectivity index (χ2n) is 12.2. The summed E-state index contributed by atoms with van der Waals surface area (Å²) in [5.74, 6) is 1.51. The van der Waals surface area contributed by atoms with Gasteiger partial charge in [0.05, 0.1) is 35.5 Å². The quantitative estimate of drug-likeness (QED) is 0.112. The van der Waals surface area contributed by atoms with E-state index in [4.69, 9.17) is 13.6 Å². The number of aromatic nitrogens is 3. The molecule has 0 spiro atoms. The highest BCUT2D eigenvalue weighted by Gasteiger charge is 2.19. The van der Waals surface area contributed by atoms with E-state index >= 15 is 0 Å². The van der Waals surface area contributed by atoms with Crippen LogP contribution in [-0.2, 0) is 14.8 Å². The SMILES string of the molecule is CC(C)C(=O)Nc1oncc1-c1ccccc1.CC(C)CS(=O)(=O)Nc1cnoc1-c1ccccc1.CCCNc1oncc1-c1ccccc1. The van der Waals surface area contributed by atoms with Gasteiger partial charge in [-0.25, -0.2) is 8.42 Å². The van der Waals surface area contributed by atoms with Crippen molar-refractivity contribution < 1.29 is 26.8 Å². The van der Waals surface area contributed by atoms with E-state index in [0.29, 0.717) is 17.3 Å². The van der Waals surface area contributed by atoms with Gasteiger partial charge in [-0.15, -0.1) is 0 Å². The Morgan fingerprint density at radius 3 is 1.69 bits per heavy atom. The summed E-state index contributed by atoms with van der Waals surface area (Å²) in [7, 11) is -3.38. The minimum Gasteiger partial charge on any atom is -0.354 e. The van der Waals surface area contributed by atoms with E-state index in [1.165, 1.54) is 6.20 Å². The fourth-order valence-electron chi connectivity index (χ4n) is 4.60. The molecule has 0 aliphatic carbocycles. The van der Waals surface area contributed by atoms with Gasteiger partial charge in [-0.1, -0.05) is 141 Å². The molecule has 6 aromatic rings. The van der Waals surface area contributed by atoms with E-state index in [9.17, 15) is 13.2 Å². The van der Waals surface area contributed by atoms with Crippen LogP contribution in [0.4, 0.5) is 17.5 Å². The first kappa shape index (κ1) is 38.1. The van der Waals surface area contributed by atoms with Crippen molar-refractivity contribution in [3.8, 4) is 33.6 Å². The lowest BCUT2D eigenvalue weighted by atomic mass is 10.1. The minimum absolute atomic E-state index is 0.0533. The fourth-order valence-corrected chi connectivity index (χ4v) is 6.04. The molecule has 1 amide bonds. The van der Waals surface area contributed by atoms with Crippen LogP contribution in [0.15, 0.2) is 123 Å². The van der Waals surface area contributed by atoms with Gasteiger partial charge in [-0.05, 0) is 23.5 Å². The number of carbonyl (C=O) groups excluding carboxylic acids is 1. The summed E-state index contributed by atoms with van der Waals surface area (Å²) in [4.78, 5) is 11.6. The van der Waals surface area contributed by atoms with Crippen molar-refractivity contribution in [1.82, 2.24) is 15.5 Å². The van der Waals surface area contributed by atoms with Crippen LogP contribution in [0, 0.1) is 11.8 Å². The van der Waals surface area contributed by atoms with Gasteiger partial charge in [0.15, 0.2) is 5.76 Å². The normalized spacial score (nSPS) is 10.9. The smallest absolute Gasteiger partial charge is 0.239 e. The van der Waals surface area contributed by atoms with E-state index < -0.39 is 10.0 Å². The zero-order chi connectivity index (χ0) is 36.6. The molecule has 3 N–H and O–H groups in total. The Morgan fingerprint density at radius 1 is 0.686 bits per heavy atom. The molecule has 268 valence electrons. The Hall–Kier alpha value is -5.69. The second-order valence-corrected chi connectivity index (χ2v) is 13.9. The summed E-state index contributed by atoms with van der Waals surface area (Å²) < 4.78 is 41.7. The average Bonchev–Trinajstić information content (AvgIpc) is 3.90. The number of benzene rings is 3. The monoisotopic (exact) mass is 712 g/mol. The Balaban J connectivity index is 0.000000173. The van der Waals surface area contributed by atoms with Gasteiger partial charge in [0.25, 0.3) is 0 Å². The maximum atomic E-state index is 11.9. The van der Waals surface area contributed by atoms with Gasteiger partial charge >= 0.3 is 0 Å². The molecule has 0 saturated carbocycles. The molecule has 0 atom stereocenters. The molecule has 0 aliphatic heterocycles. The highest BCUT2D eigenvalue weighted by molar-refractivity contribution is 7.92. The van der Waals surface area contributed by atoms with Crippen LogP contribution in [0.2, 0.25) is 0 Å². The summed E-state index contributed by atoms with van der Waals surface area (Å²) in [5.41, 5.74) is 5.04. The number of hydrogen-bond acceptors (Lipinski definition) is 10. The lowest BCUT2D eigenvalue weighted by Crippen LogP contribution is -2.20. The van der Waals surface area contributed by atoms with Gasteiger partial charge in [0, 0.05) is 18.0 Å². The summed E-state index contributed by atoms with van der Waals surface area (Å²) >= 11 is 0. The fraction of sp³-hybridized carbons (Fsp3) is 0.263. The summed E-state index contributed by atoms with van der Waals surface area (Å²) in [6, 6.07) is 29.0. The van der Waals surface area contributed by atoms with E-state index in [1.54, 1.807) is 12.4 Å². The van der Waals surface area contributed by atoms with E-state index in [1.807, 2.05) is 119 Å². The Labute approximate surface area is 298 Å². The van der Waals surface area contributed by atoms with Crippen molar-refractivity contribution >= 4 is 33.4 Å². The Kier molecular flexibility index (Phi) is 14.1. The zero-order valence-electron chi connectivity index (χ0n) is 29.4. The van der Waals surface area contributed by atoms with Crippen LogP contribution in [-0.4, -0.2) is 42.1 Å². The van der Waals surface area contributed by atoms with Gasteiger partial charge in [0.1, 0.15) is 5.69 Å². The van der Waals surface area contributed by atoms with Crippen LogP contribution in [0.25, 0.3) is 33.6 Å². The van der Waals surface area contributed by atoms with Crippen molar-refractivity contribution in [3.05, 3.63) is 110 Å². The molecule has 3 aromatic carbocycles. The van der Waals surface area contributed by atoms with Crippen LogP contribution in [0.5, 0.6) is 0 Å².